The van der Waals surface area contributed by atoms with Crippen molar-refractivity contribution in [1.82, 2.24) is 4.98 Å². The number of aromatic nitrogens is 1. The van der Waals surface area contributed by atoms with Crippen LogP contribution in [0.5, 0.6) is 0 Å². The van der Waals surface area contributed by atoms with Gasteiger partial charge in [-0.25, -0.2) is 4.98 Å². The molecule has 1 heterocycles. The molecule has 0 radical (unpaired) electrons. The van der Waals surface area contributed by atoms with Gasteiger partial charge in [-0.15, -0.1) is 0 Å². The zero-order valence-electron chi connectivity index (χ0n) is 10.0. The van der Waals surface area contributed by atoms with E-state index in [1.54, 1.807) is 6.20 Å². The summed E-state index contributed by atoms with van der Waals surface area (Å²) in [5, 5.41) is 4.07. The summed E-state index contributed by atoms with van der Waals surface area (Å²) in [5.41, 5.74) is 2.24. The Morgan fingerprint density at radius 1 is 1.11 bits per heavy atom. The molecule has 3 rings (SSSR count). The Bertz CT molecular complexity index is 523. The Morgan fingerprint density at radius 2 is 1.89 bits per heavy atom. The predicted molar refractivity (Wildman–Crippen MR) is 74.8 cm³/mol. The summed E-state index contributed by atoms with van der Waals surface area (Å²) in [6, 6.07) is 14.8. The van der Waals surface area contributed by atoms with Gasteiger partial charge in [-0.2, -0.15) is 0 Å². The molecule has 0 spiro atoms. The summed E-state index contributed by atoms with van der Waals surface area (Å²) in [6.07, 6.45) is 4.27. The van der Waals surface area contributed by atoms with E-state index in [1.807, 2.05) is 18.2 Å². The van der Waals surface area contributed by atoms with Gasteiger partial charge in [0.05, 0.1) is 11.7 Å². The first kappa shape index (κ1) is 11.5. The fourth-order valence-electron chi connectivity index (χ4n) is 2.22. The normalized spacial score (nSPS) is 16.3. The van der Waals surface area contributed by atoms with Gasteiger partial charge in [0.15, 0.2) is 5.15 Å². The Morgan fingerprint density at radius 3 is 2.56 bits per heavy atom. The lowest BCUT2D eigenvalue weighted by Gasteiger charge is -2.20. The van der Waals surface area contributed by atoms with Crippen molar-refractivity contribution in [3.05, 3.63) is 59.4 Å². The monoisotopic (exact) mass is 258 g/mol. The summed E-state index contributed by atoms with van der Waals surface area (Å²) in [4.78, 5) is 4.11. The van der Waals surface area contributed by atoms with Crippen LogP contribution in [0.15, 0.2) is 48.7 Å². The number of pyridine rings is 1. The number of anilines is 1. The second-order valence-corrected chi connectivity index (χ2v) is 5.07. The Labute approximate surface area is 112 Å². The fourth-order valence-corrected chi connectivity index (χ4v) is 2.40. The maximum absolute atomic E-state index is 6.11. The molecule has 0 saturated heterocycles. The third-order valence-corrected chi connectivity index (χ3v) is 3.62. The van der Waals surface area contributed by atoms with Crippen LogP contribution in [0, 0.1) is 5.92 Å². The highest BCUT2D eigenvalue weighted by Crippen LogP contribution is 2.43. The molecule has 1 aliphatic carbocycles. The molecule has 1 atom stereocenters. The van der Waals surface area contributed by atoms with E-state index in [4.69, 9.17) is 11.6 Å². The number of hydrogen-bond acceptors (Lipinski definition) is 2. The predicted octanol–water partition coefficient (Wildman–Crippen LogP) is 4.30. The molecule has 1 N–H and O–H groups in total. The van der Waals surface area contributed by atoms with Crippen LogP contribution in [0.4, 0.5) is 5.69 Å². The molecule has 2 aromatic rings. The molecule has 3 heteroatoms. The van der Waals surface area contributed by atoms with Crippen LogP contribution in [0.3, 0.4) is 0 Å². The van der Waals surface area contributed by atoms with Gasteiger partial charge in [-0.3, -0.25) is 0 Å². The smallest absolute Gasteiger partial charge is 0.152 e. The van der Waals surface area contributed by atoms with Gasteiger partial charge in [0.25, 0.3) is 0 Å². The summed E-state index contributed by atoms with van der Waals surface area (Å²) in [6.45, 7) is 0. The van der Waals surface area contributed by atoms with Crippen LogP contribution >= 0.6 is 11.6 Å². The van der Waals surface area contributed by atoms with Crippen molar-refractivity contribution in [2.75, 3.05) is 5.32 Å². The number of nitrogens with zero attached hydrogens (tertiary/aromatic N) is 1. The van der Waals surface area contributed by atoms with Crippen molar-refractivity contribution in [2.24, 2.45) is 5.92 Å². The SMILES string of the molecule is Clc1ncccc1NC(c1ccccc1)C1CC1. The van der Waals surface area contributed by atoms with Gasteiger partial charge in [0.1, 0.15) is 0 Å². The van der Waals surface area contributed by atoms with Gasteiger partial charge in [0, 0.05) is 6.20 Å². The number of rotatable bonds is 4. The topological polar surface area (TPSA) is 24.9 Å². The van der Waals surface area contributed by atoms with E-state index in [2.05, 4.69) is 34.6 Å². The summed E-state index contributed by atoms with van der Waals surface area (Å²) < 4.78 is 0. The van der Waals surface area contributed by atoms with Gasteiger partial charge < -0.3 is 5.32 Å². The van der Waals surface area contributed by atoms with Crippen LogP contribution in [-0.2, 0) is 0 Å². The molecule has 1 aromatic heterocycles. The first-order valence-electron chi connectivity index (χ1n) is 6.26. The van der Waals surface area contributed by atoms with Gasteiger partial charge in [-0.1, -0.05) is 41.9 Å². The van der Waals surface area contributed by atoms with Crippen molar-refractivity contribution in [2.45, 2.75) is 18.9 Å². The van der Waals surface area contributed by atoms with Gasteiger partial charge >= 0.3 is 0 Å². The number of nitrogens with one attached hydrogen (secondary N) is 1. The molecule has 0 bridgehead atoms. The van der Waals surface area contributed by atoms with Crippen molar-refractivity contribution in [1.29, 1.82) is 0 Å². The second-order valence-electron chi connectivity index (χ2n) is 4.71. The number of halogens is 1. The maximum atomic E-state index is 6.11. The molecule has 1 fully saturated rings. The van der Waals surface area contributed by atoms with E-state index in [-0.39, 0.29) is 0 Å². The zero-order valence-corrected chi connectivity index (χ0v) is 10.8. The zero-order chi connectivity index (χ0) is 12.4. The highest BCUT2D eigenvalue weighted by molar-refractivity contribution is 6.31. The van der Waals surface area contributed by atoms with Crippen LogP contribution in [-0.4, -0.2) is 4.98 Å². The highest BCUT2D eigenvalue weighted by atomic mass is 35.5. The molecule has 92 valence electrons. The van der Waals surface area contributed by atoms with Crippen molar-refractivity contribution >= 4 is 17.3 Å². The van der Waals surface area contributed by atoms with E-state index in [9.17, 15) is 0 Å². The Balaban J connectivity index is 1.86. The minimum Gasteiger partial charge on any atom is -0.375 e. The van der Waals surface area contributed by atoms with Crippen molar-refractivity contribution in [3.63, 3.8) is 0 Å². The van der Waals surface area contributed by atoms with E-state index in [0.29, 0.717) is 17.1 Å². The average Bonchev–Trinajstić information content (AvgIpc) is 3.23. The first-order chi connectivity index (χ1) is 8.84. The molecule has 1 saturated carbocycles. The largest absolute Gasteiger partial charge is 0.375 e. The molecule has 1 aromatic carbocycles. The van der Waals surface area contributed by atoms with E-state index in [1.165, 1.54) is 18.4 Å². The third-order valence-electron chi connectivity index (χ3n) is 3.32. The molecular weight excluding hydrogens is 244 g/mol. The van der Waals surface area contributed by atoms with Crippen molar-refractivity contribution in [3.8, 4) is 0 Å². The minimum atomic E-state index is 0.341. The van der Waals surface area contributed by atoms with E-state index >= 15 is 0 Å². The quantitative estimate of drug-likeness (QED) is 0.827. The van der Waals surface area contributed by atoms with Gasteiger partial charge in [0.2, 0.25) is 0 Å². The maximum Gasteiger partial charge on any atom is 0.152 e. The van der Waals surface area contributed by atoms with Crippen molar-refractivity contribution < 1.29 is 0 Å². The van der Waals surface area contributed by atoms with Crippen LogP contribution in [0.1, 0.15) is 24.4 Å². The Hall–Kier alpha value is -1.54. The molecule has 1 unspecified atom stereocenters. The summed E-state index contributed by atoms with van der Waals surface area (Å²) >= 11 is 6.11. The van der Waals surface area contributed by atoms with E-state index in [0.717, 1.165) is 5.69 Å². The van der Waals surface area contributed by atoms with Crippen LogP contribution < -0.4 is 5.32 Å². The summed E-state index contributed by atoms with van der Waals surface area (Å²) in [5.74, 6) is 0.712. The average molecular weight is 259 g/mol. The third kappa shape index (κ3) is 2.49. The lowest BCUT2D eigenvalue weighted by atomic mass is 10.0. The van der Waals surface area contributed by atoms with Crippen LogP contribution in [0.25, 0.3) is 0 Å². The van der Waals surface area contributed by atoms with Crippen LogP contribution in [0.2, 0.25) is 5.15 Å². The highest BCUT2D eigenvalue weighted by Gasteiger charge is 2.32. The number of benzene rings is 1. The molecule has 0 amide bonds. The molecule has 18 heavy (non-hydrogen) atoms. The standard InChI is InChI=1S/C15H15ClN2/c16-15-13(7-4-10-17-15)18-14(12-8-9-12)11-5-2-1-3-6-11/h1-7,10,12,14,18H,8-9H2. The fraction of sp³-hybridized carbons (Fsp3) is 0.267. The molecule has 2 nitrogen and oxygen atoms in total. The summed E-state index contributed by atoms with van der Waals surface area (Å²) in [7, 11) is 0. The van der Waals surface area contributed by atoms with E-state index < -0.39 is 0 Å². The molecule has 0 aliphatic heterocycles. The molecular formula is C15H15ClN2. The molecule has 1 aliphatic rings. The number of hydrogen-bond donors (Lipinski definition) is 1. The minimum absolute atomic E-state index is 0.341. The second kappa shape index (κ2) is 4.99. The Kier molecular flexibility index (Phi) is 3.20. The lowest BCUT2D eigenvalue weighted by molar-refractivity contribution is 0.678. The lowest BCUT2D eigenvalue weighted by Crippen LogP contribution is -2.13. The van der Waals surface area contributed by atoms with Gasteiger partial charge in [-0.05, 0) is 36.5 Å². The first-order valence-corrected chi connectivity index (χ1v) is 6.64.